The van der Waals surface area contributed by atoms with Crippen molar-refractivity contribution in [2.24, 2.45) is 5.92 Å². The molecule has 6 heteroatoms. The number of nitrogens with zero attached hydrogens (tertiary/aromatic N) is 5. The number of aryl methyl sites for hydroxylation is 1. The summed E-state index contributed by atoms with van der Waals surface area (Å²) in [6, 6.07) is 0. The molecule has 94 valence electrons. The van der Waals surface area contributed by atoms with Gasteiger partial charge < -0.3 is 4.90 Å². The second-order valence-corrected chi connectivity index (χ2v) is 5.11. The van der Waals surface area contributed by atoms with Crippen molar-refractivity contribution in [1.29, 1.82) is 0 Å². The topological polar surface area (TPSA) is 46.8 Å². The summed E-state index contributed by atoms with van der Waals surface area (Å²) in [5.74, 6) is 1.44. The first-order valence-electron chi connectivity index (χ1n) is 5.92. The Balaban J connectivity index is 1.59. The summed E-state index contributed by atoms with van der Waals surface area (Å²) in [6.07, 6.45) is 7.12. The zero-order chi connectivity index (χ0) is 12.5. The van der Waals surface area contributed by atoms with Crippen LogP contribution in [-0.4, -0.2) is 32.8 Å². The van der Waals surface area contributed by atoms with Crippen LogP contribution in [0.1, 0.15) is 5.56 Å². The third kappa shape index (κ3) is 2.18. The highest BCUT2D eigenvalue weighted by molar-refractivity contribution is 6.32. The van der Waals surface area contributed by atoms with Crippen LogP contribution >= 0.6 is 11.6 Å². The predicted octanol–water partition coefficient (Wildman–Crippen LogP) is 1.77. The molecule has 0 unspecified atom stereocenters. The van der Waals surface area contributed by atoms with Crippen LogP contribution in [0.2, 0.25) is 5.02 Å². The van der Waals surface area contributed by atoms with E-state index < -0.39 is 0 Å². The van der Waals surface area contributed by atoms with Crippen LogP contribution in [0, 0.1) is 12.8 Å². The Morgan fingerprint density at radius 1 is 1.39 bits per heavy atom. The van der Waals surface area contributed by atoms with Gasteiger partial charge in [-0.25, -0.2) is 9.97 Å². The van der Waals surface area contributed by atoms with Crippen LogP contribution in [-0.2, 0) is 6.54 Å². The summed E-state index contributed by atoms with van der Waals surface area (Å²) in [5, 5.41) is 4.92. The van der Waals surface area contributed by atoms with E-state index in [0.29, 0.717) is 10.9 Å². The minimum absolute atomic E-state index is 0.607. The minimum atomic E-state index is 0.607. The molecule has 0 spiro atoms. The van der Waals surface area contributed by atoms with Crippen molar-refractivity contribution in [2.75, 3.05) is 18.0 Å². The van der Waals surface area contributed by atoms with Gasteiger partial charge in [-0.05, 0) is 12.5 Å². The van der Waals surface area contributed by atoms with Crippen molar-refractivity contribution in [1.82, 2.24) is 19.7 Å². The van der Waals surface area contributed by atoms with Gasteiger partial charge in [0.05, 0.1) is 12.4 Å². The lowest BCUT2D eigenvalue weighted by Crippen LogP contribution is -2.49. The molecule has 1 fully saturated rings. The maximum Gasteiger partial charge on any atom is 0.150 e. The molecule has 0 amide bonds. The van der Waals surface area contributed by atoms with Gasteiger partial charge in [0, 0.05) is 31.7 Å². The van der Waals surface area contributed by atoms with Crippen molar-refractivity contribution >= 4 is 17.4 Å². The Kier molecular flexibility index (Phi) is 2.91. The van der Waals surface area contributed by atoms with Gasteiger partial charge in [0.15, 0.2) is 5.82 Å². The number of hydrogen-bond acceptors (Lipinski definition) is 4. The zero-order valence-corrected chi connectivity index (χ0v) is 10.9. The molecule has 5 nitrogen and oxygen atoms in total. The molecule has 0 radical (unpaired) electrons. The van der Waals surface area contributed by atoms with Gasteiger partial charge in [0.1, 0.15) is 11.3 Å². The smallest absolute Gasteiger partial charge is 0.150 e. The number of rotatable bonds is 3. The van der Waals surface area contributed by atoms with Crippen molar-refractivity contribution in [3.8, 4) is 0 Å². The largest absolute Gasteiger partial charge is 0.354 e. The molecule has 0 N–H and O–H groups in total. The van der Waals surface area contributed by atoms with Crippen LogP contribution in [0.4, 0.5) is 5.82 Å². The highest BCUT2D eigenvalue weighted by Crippen LogP contribution is 2.28. The third-order valence-corrected chi connectivity index (χ3v) is 3.38. The summed E-state index contributed by atoms with van der Waals surface area (Å²) >= 11 is 6.06. The first kappa shape index (κ1) is 11.5. The maximum absolute atomic E-state index is 6.06. The van der Waals surface area contributed by atoms with E-state index in [0.717, 1.165) is 25.5 Å². The van der Waals surface area contributed by atoms with Crippen LogP contribution < -0.4 is 4.90 Å². The SMILES string of the molecule is Cc1cnn(CC2CN(c3ncncc3Cl)C2)c1. The fourth-order valence-electron chi connectivity index (χ4n) is 2.23. The van der Waals surface area contributed by atoms with Gasteiger partial charge in [0.2, 0.25) is 0 Å². The Hall–Kier alpha value is -1.62. The van der Waals surface area contributed by atoms with Gasteiger partial charge in [-0.2, -0.15) is 5.10 Å². The van der Waals surface area contributed by atoms with Crippen molar-refractivity contribution < 1.29 is 0 Å². The summed E-state index contributed by atoms with van der Waals surface area (Å²) in [5.41, 5.74) is 1.20. The van der Waals surface area contributed by atoms with E-state index in [-0.39, 0.29) is 0 Å². The first-order chi connectivity index (χ1) is 8.72. The van der Waals surface area contributed by atoms with Gasteiger partial charge in [-0.15, -0.1) is 0 Å². The van der Waals surface area contributed by atoms with E-state index >= 15 is 0 Å². The Morgan fingerprint density at radius 2 is 2.22 bits per heavy atom. The van der Waals surface area contributed by atoms with Gasteiger partial charge >= 0.3 is 0 Å². The zero-order valence-electron chi connectivity index (χ0n) is 10.1. The predicted molar refractivity (Wildman–Crippen MR) is 69.7 cm³/mol. The van der Waals surface area contributed by atoms with E-state index in [1.165, 1.54) is 11.9 Å². The summed E-state index contributed by atoms with van der Waals surface area (Å²) in [7, 11) is 0. The molecule has 1 aliphatic heterocycles. The summed E-state index contributed by atoms with van der Waals surface area (Å²) < 4.78 is 2.00. The standard InChI is InChI=1S/C12H14ClN5/c1-9-2-16-18(4-9)7-10-5-17(6-10)12-11(13)3-14-8-15-12/h2-4,8,10H,5-7H2,1H3. The van der Waals surface area contributed by atoms with E-state index in [2.05, 4.69) is 33.1 Å². The fraction of sp³-hybridized carbons (Fsp3) is 0.417. The quantitative estimate of drug-likeness (QED) is 0.847. The lowest BCUT2D eigenvalue weighted by atomic mass is 10.0. The van der Waals surface area contributed by atoms with Crippen molar-refractivity contribution in [3.05, 3.63) is 35.5 Å². The van der Waals surface area contributed by atoms with E-state index in [9.17, 15) is 0 Å². The second-order valence-electron chi connectivity index (χ2n) is 4.71. The minimum Gasteiger partial charge on any atom is -0.354 e. The fourth-order valence-corrected chi connectivity index (χ4v) is 2.45. The molecule has 0 aromatic carbocycles. The molecular weight excluding hydrogens is 250 g/mol. The molecule has 3 rings (SSSR count). The molecule has 1 saturated heterocycles. The molecule has 2 aromatic rings. The normalized spacial score (nSPS) is 15.8. The van der Waals surface area contributed by atoms with Gasteiger partial charge in [-0.3, -0.25) is 4.68 Å². The highest BCUT2D eigenvalue weighted by atomic mass is 35.5. The van der Waals surface area contributed by atoms with E-state index in [1.807, 2.05) is 10.9 Å². The summed E-state index contributed by atoms with van der Waals surface area (Å²) in [4.78, 5) is 10.3. The van der Waals surface area contributed by atoms with Gasteiger partial charge in [0.25, 0.3) is 0 Å². The molecule has 1 aliphatic rings. The Bertz CT molecular complexity index is 547. The molecule has 0 aliphatic carbocycles. The van der Waals surface area contributed by atoms with Crippen LogP contribution in [0.25, 0.3) is 0 Å². The average molecular weight is 264 g/mol. The number of hydrogen-bond donors (Lipinski definition) is 0. The molecule has 2 aromatic heterocycles. The molecule has 0 saturated carbocycles. The van der Waals surface area contributed by atoms with Crippen LogP contribution in [0.15, 0.2) is 24.9 Å². The lowest BCUT2D eigenvalue weighted by Gasteiger charge is -2.40. The Morgan fingerprint density at radius 3 is 2.89 bits per heavy atom. The van der Waals surface area contributed by atoms with Gasteiger partial charge in [-0.1, -0.05) is 11.6 Å². The monoisotopic (exact) mass is 263 g/mol. The second kappa shape index (κ2) is 4.57. The van der Waals surface area contributed by atoms with Crippen LogP contribution in [0.5, 0.6) is 0 Å². The maximum atomic E-state index is 6.06. The first-order valence-corrected chi connectivity index (χ1v) is 6.29. The van der Waals surface area contributed by atoms with E-state index in [1.54, 1.807) is 6.20 Å². The molecule has 3 heterocycles. The molecule has 18 heavy (non-hydrogen) atoms. The molecule has 0 bridgehead atoms. The van der Waals surface area contributed by atoms with E-state index in [4.69, 9.17) is 11.6 Å². The molecular formula is C12H14ClN5. The number of halogens is 1. The van der Waals surface area contributed by atoms with Crippen molar-refractivity contribution in [2.45, 2.75) is 13.5 Å². The summed E-state index contributed by atoms with van der Waals surface area (Å²) in [6.45, 7) is 4.94. The third-order valence-electron chi connectivity index (χ3n) is 3.11. The highest BCUT2D eigenvalue weighted by Gasteiger charge is 2.29. The van der Waals surface area contributed by atoms with Crippen LogP contribution in [0.3, 0.4) is 0 Å². The molecule has 0 atom stereocenters. The lowest BCUT2D eigenvalue weighted by molar-refractivity contribution is 0.340. The average Bonchev–Trinajstić information content (AvgIpc) is 2.70. The number of aromatic nitrogens is 4. The Labute approximate surface area is 110 Å². The van der Waals surface area contributed by atoms with Crippen molar-refractivity contribution in [3.63, 3.8) is 0 Å². The number of anilines is 1.